The van der Waals surface area contributed by atoms with Crippen molar-refractivity contribution >= 4 is 26.9 Å². The van der Waals surface area contributed by atoms with Crippen molar-refractivity contribution in [2.45, 2.75) is 10.4 Å². The number of benzene rings is 2. The van der Waals surface area contributed by atoms with Crippen LogP contribution in [-0.4, -0.2) is 18.8 Å². The molecule has 6 nitrogen and oxygen atoms in total. The van der Waals surface area contributed by atoms with Crippen molar-refractivity contribution in [2.24, 2.45) is 0 Å². The first kappa shape index (κ1) is 16.7. The van der Waals surface area contributed by atoms with Crippen LogP contribution in [-0.2, 0) is 9.84 Å². The normalized spacial score (nSPS) is 12.0. The summed E-state index contributed by atoms with van der Waals surface area (Å²) in [5, 5.41) is 13.7. The van der Waals surface area contributed by atoms with Gasteiger partial charge in [-0.2, -0.15) is 13.2 Å². The van der Waals surface area contributed by atoms with Crippen molar-refractivity contribution in [3.8, 4) is 0 Å². The average Bonchev–Trinajstić information content (AvgIpc) is 2.46. The summed E-state index contributed by atoms with van der Waals surface area (Å²) in [6, 6.07) is 10.7. The predicted octanol–water partition coefficient (Wildman–Crippen LogP) is 3.63. The molecule has 0 fully saturated rings. The van der Waals surface area contributed by atoms with Crippen LogP contribution in [0, 0.1) is 10.1 Å². The fourth-order valence-corrected chi connectivity index (χ4v) is 2.68. The van der Waals surface area contributed by atoms with Gasteiger partial charge in [0, 0.05) is 17.4 Å². The zero-order chi connectivity index (χ0) is 17.3. The number of anilines is 2. The zero-order valence-corrected chi connectivity index (χ0v) is 12.1. The molecule has 0 spiro atoms. The molecule has 10 heteroatoms. The highest BCUT2D eigenvalue weighted by Crippen LogP contribution is 2.37. The number of sulfone groups is 1. The van der Waals surface area contributed by atoms with Crippen LogP contribution in [0.2, 0.25) is 0 Å². The SMILES string of the molecule is O=[N+]([O-])c1cc(Nc2ccccc2)ccc1S(=O)(=O)C(F)(F)F. The number of hydrogen-bond acceptors (Lipinski definition) is 5. The summed E-state index contributed by atoms with van der Waals surface area (Å²) in [7, 11) is -5.81. The molecule has 0 radical (unpaired) electrons. The Kier molecular flexibility index (Phi) is 4.28. The molecule has 2 aromatic rings. The molecule has 0 aliphatic heterocycles. The number of alkyl halides is 3. The molecule has 0 atom stereocenters. The lowest BCUT2D eigenvalue weighted by molar-refractivity contribution is -0.387. The fourth-order valence-electron chi connectivity index (χ4n) is 1.78. The minimum atomic E-state index is -5.81. The van der Waals surface area contributed by atoms with Gasteiger partial charge in [0.15, 0.2) is 4.90 Å². The molecule has 2 aromatic carbocycles. The lowest BCUT2D eigenvalue weighted by atomic mass is 10.2. The first-order valence-electron chi connectivity index (χ1n) is 6.05. The summed E-state index contributed by atoms with van der Waals surface area (Å²) in [4.78, 5) is 8.38. The van der Waals surface area contributed by atoms with E-state index in [1.54, 1.807) is 30.3 Å². The third-order valence-corrected chi connectivity index (χ3v) is 4.35. The first-order chi connectivity index (χ1) is 10.6. The smallest absolute Gasteiger partial charge is 0.355 e. The second-order valence-corrected chi connectivity index (χ2v) is 6.29. The minimum absolute atomic E-state index is 0.0871. The number of para-hydroxylation sites is 1. The van der Waals surface area contributed by atoms with Crippen molar-refractivity contribution < 1.29 is 26.5 Å². The summed E-state index contributed by atoms with van der Waals surface area (Å²) in [5.74, 6) is 0. The Morgan fingerprint density at radius 1 is 1.00 bits per heavy atom. The van der Waals surface area contributed by atoms with E-state index in [1.807, 2.05) is 0 Å². The molecule has 0 aromatic heterocycles. The Morgan fingerprint density at radius 2 is 1.61 bits per heavy atom. The molecule has 0 aliphatic rings. The lowest BCUT2D eigenvalue weighted by Crippen LogP contribution is -2.24. The second kappa shape index (κ2) is 5.88. The Balaban J connectivity index is 2.50. The van der Waals surface area contributed by atoms with Crippen LogP contribution in [0.1, 0.15) is 0 Å². The highest BCUT2D eigenvalue weighted by atomic mass is 32.2. The summed E-state index contributed by atoms with van der Waals surface area (Å²) in [5.41, 5.74) is -6.15. The fraction of sp³-hybridized carbons (Fsp3) is 0.0769. The summed E-state index contributed by atoms with van der Waals surface area (Å²) < 4.78 is 60.5. The van der Waals surface area contributed by atoms with Crippen LogP contribution in [0.4, 0.5) is 30.2 Å². The minimum Gasteiger partial charge on any atom is -0.355 e. The summed E-state index contributed by atoms with van der Waals surface area (Å²) in [6.07, 6.45) is 0. The number of halogens is 3. The van der Waals surface area contributed by atoms with Gasteiger partial charge >= 0.3 is 5.51 Å². The van der Waals surface area contributed by atoms with Gasteiger partial charge in [-0.15, -0.1) is 0 Å². The maximum atomic E-state index is 12.6. The molecule has 0 saturated heterocycles. The van der Waals surface area contributed by atoms with E-state index in [4.69, 9.17) is 0 Å². The van der Waals surface area contributed by atoms with Crippen LogP contribution in [0.5, 0.6) is 0 Å². The van der Waals surface area contributed by atoms with Crippen molar-refractivity contribution in [3.63, 3.8) is 0 Å². The Morgan fingerprint density at radius 3 is 2.13 bits per heavy atom. The van der Waals surface area contributed by atoms with E-state index in [2.05, 4.69) is 5.32 Å². The molecule has 0 bridgehead atoms. The number of nitrogens with zero attached hydrogens (tertiary/aromatic N) is 1. The van der Waals surface area contributed by atoms with E-state index in [-0.39, 0.29) is 5.69 Å². The van der Waals surface area contributed by atoms with Gasteiger partial charge in [-0.3, -0.25) is 10.1 Å². The maximum absolute atomic E-state index is 12.6. The van der Waals surface area contributed by atoms with Crippen LogP contribution in [0.25, 0.3) is 0 Å². The highest BCUT2D eigenvalue weighted by molar-refractivity contribution is 7.92. The molecule has 0 aliphatic carbocycles. The molecule has 0 saturated carbocycles. The van der Waals surface area contributed by atoms with Crippen LogP contribution in [0.3, 0.4) is 0 Å². The van der Waals surface area contributed by atoms with E-state index in [9.17, 15) is 31.7 Å². The van der Waals surface area contributed by atoms with Gasteiger partial charge in [-0.1, -0.05) is 18.2 Å². The third kappa shape index (κ3) is 3.42. The molecular formula is C13H9F3N2O4S. The van der Waals surface area contributed by atoms with Crippen molar-refractivity contribution in [3.05, 3.63) is 58.6 Å². The summed E-state index contributed by atoms with van der Waals surface area (Å²) >= 11 is 0. The van der Waals surface area contributed by atoms with E-state index in [0.717, 1.165) is 12.1 Å². The topological polar surface area (TPSA) is 89.3 Å². The predicted molar refractivity (Wildman–Crippen MR) is 76.1 cm³/mol. The van der Waals surface area contributed by atoms with Crippen LogP contribution < -0.4 is 5.32 Å². The molecular weight excluding hydrogens is 337 g/mol. The Bertz CT molecular complexity index is 836. The lowest BCUT2D eigenvalue weighted by Gasteiger charge is -2.11. The highest BCUT2D eigenvalue weighted by Gasteiger charge is 2.49. The maximum Gasteiger partial charge on any atom is 0.502 e. The molecule has 2 rings (SSSR count). The largest absolute Gasteiger partial charge is 0.502 e. The zero-order valence-electron chi connectivity index (χ0n) is 11.2. The third-order valence-electron chi connectivity index (χ3n) is 2.81. The summed E-state index contributed by atoms with van der Waals surface area (Å²) in [6.45, 7) is 0. The quantitative estimate of drug-likeness (QED) is 0.674. The monoisotopic (exact) mass is 346 g/mol. The number of rotatable bonds is 4. The molecule has 1 N–H and O–H groups in total. The van der Waals surface area contributed by atoms with Crippen molar-refractivity contribution in [1.82, 2.24) is 0 Å². The molecule has 0 unspecified atom stereocenters. The number of hydrogen-bond donors (Lipinski definition) is 1. The van der Waals surface area contributed by atoms with Gasteiger partial charge in [-0.25, -0.2) is 8.42 Å². The van der Waals surface area contributed by atoms with Gasteiger partial charge in [0.05, 0.1) is 4.92 Å². The molecule has 122 valence electrons. The van der Waals surface area contributed by atoms with Gasteiger partial charge in [-0.05, 0) is 24.3 Å². The number of nitrogens with one attached hydrogen (secondary N) is 1. The van der Waals surface area contributed by atoms with Gasteiger partial charge in [0.2, 0.25) is 0 Å². The Labute approximate surface area is 128 Å². The first-order valence-corrected chi connectivity index (χ1v) is 7.53. The number of nitro groups is 1. The molecule has 23 heavy (non-hydrogen) atoms. The van der Waals surface area contributed by atoms with Crippen molar-refractivity contribution in [2.75, 3.05) is 5.32 Å². The standard InChI is InChI=1S/C13H9F3N2O4S/c14-13(15,16)23(21,22)12-7-6-10(8-11(12)18(19)20)17-9-4-2-1-3-5-9/h1-8,17H. The average molecular weight is 346 g/mol. The van der Waals surface area contributed by atoms with E-state index < -0.39 is 30.9 Å². The molecule has 0 amide bonds. The van der Waals surface area contributed by atoms with E-state index in [1.165, 1.54) is 0 Å². The number of nitro benzene ring substituents is 1. The van der Waals surface area contributed by atoms with Gasteiger partial charge in [0.1, 0.15) is 0 Å². The van der Waals surface area contributed by atoms with E-state index >= 15 is 0 Å². The van der Waals surface area contributed by atoms with Crippen LogP contribution >= 0.6 is 0 Å². The van der Waals surface area contributed by atoms with Crippen LogP contribution in [0.15, 0.2) is 53.4 Å². The Hall–Kier alpha value is -2.62. The van der Waals surface area contributed by atoms with Gasteiger partial charge < -0.3 is 5.32 Å². The molecule has 0 heterocycles. The van der Waals surface area contributed by atoms with E-state index in [0.29, 0.717) is 11.8 Å². The van der Waals surface area contributed by atoms with Gasteiger partial charge in [0.25, 0.3) is 15.5 Å². The second-order valence-electron chi connectivity index (χ2n) is 4.38. The van der Waals surface area contributed by atoms with Crippen molar-refractivity contribution in [1.29, 1.82) is 0 Å².